The van der Waals surface area contributed by atoms with Gasteiger partial charge in [0.2, 0.25) is 0 Å². The highest BCUT2D eigenvalue weighted by molar-refractivity contribution is 5.61. The third-order valence-corrected chi connectivity index (χ3v) is 4.16. The van der Waals surface area contributed by atoms with E-state index < -0.39 is 11.2 Å². The molecule has 2 unspecified atom stereocenters. The van der Waals surface area contributed by atoms with Crippen LogP contribution in [-0.2, 0) is 6.54 Å². The van der Waals surface area contributed by atoms with Gasteiger partial charge in [0.15, 0.2) is 0 Å². The highest BCUT2D eigenvalue weighted by Crippen LogP contribution is 2.27. The maximum atomic E-state index is 12.0. The third kappa shape index (κ3) is 3.29. The van der Waals surface area contributed by atoms with Crippen molar-refractivity contribution in [2.45, 2.75) is 51.6 Å². The van der Waals surface area contributed by atoms with Gasteiger partial charge in [-0.2, -0.15) is 0 Å². The predicted octanol–water partition coefficient (Wildman–Crippen LogP) is 0.492. The second-order valence-electron chi connectivity index (χ2n) is 5.65. The van der Waals surface area contributed by atoms with Crippen LogP contribution >= 0.6 is 0 Å². The number of rotatable bonds is 5. The first-order chi connectivity index (χ1) is 10.1. The van der Waals surface area contributed by atoms with Crippen LogP contribution in [-0.4, -0.2) is 27.3 Å². The van der Waals surface area contributed by atoms with Crippen LogP contribution in [0.4, 0.5) is 11.5 Å². The average molecular weight is 296 g/mol. The van der Waals surface area contributed by atoms with Crippen molar-refractivity contribution >= 4 is 11.5 Å². The summed E-state index contributed by atoms with van der Waals surface area (Å²) in [5, 5.41) is 12.6. The molecular formula is C14H24N4O3. The minimum absolute atomic E-state index is 0.0136. The highest BCUT2D eigenvalue weighted by Gasteiger charge is 2.26. The normalized spacial score (nSPS) is 22.2. The summed E-state index contributed by atoms with van der Waals surface area (Å²) < 4.78 is 1.38. The number of aliphatic hydroxyl groups excluding tert-OH is 1. The molecule has 21 heavy (non-hydrogen) atoms. The van der Waals surface area contributed by atoms with Crippen LogP contribution < -0.4 is 22.3 Å². The molecule has 0 aliphatic heterocycles. The number of nitrogens with zero attached hydrogens (tertiary/aromatic N) is 1. The minimum Gasteiger partial charge on any atom is -0.396 e. The summed E-state index contributed by atoms with van der Waals surface area (Å²) >= 11 is 0. The maximum absolute atomic E-state index is 12.0. The smallest absolute Gasteiger partial charge is 0.330 e. The van der Waals surface area contributed by atoms with Crippen LogP contribution in [0.5, 0.6) is 0 Å². The number of anilines is 2. The number of nitrogen functional groups attached to an aromatic ring is 1. The van der Waals surface area contributed by atoms with Crippen molar-refractivity contribution in [3.05, 3.63) is 20.8 Å². The fraction of sp³-hybridized carbons (Fsp3) is 0.714. The molecule has 0 aromatic carbocycles. The Bertz CT molecular complexity index is 593. The predicted molar refractivity (Wildman–Crippen MR) is 82.5 cm³/mol. The molecule has 0 saturated heterocycles. The highest BCUT2D eigenvalue weighted by atomic mass is 16.3. The molecule has 0 radical (unpaired) electrons. The van der Waals surface area contributed by atoms with Crippen LogP contribution in [0.25, 0.3) is 0 Å². The van der Waals surface area contributed by atoms with Crippen LogP contribution in [0, 0.1) is 5.92 Å². The molecule has 0 spiro atoms. The van der Waals surface area contributed by atoms with Gasteiger partial charge in [-0.25, -0.2) is 4.79 Å². The van der Waals surface area contributed by atoms with Gasteiger partial charge in [0.05, 0.1) is 0 Å². The first-order valence-electron chi connectivity index (χ1n) is 7.58. The molecule has 0 bridgehead atoms. The van der Waals surface area contributed by atoms with Gasteiger partial charge in [-0.1, -0.05) is 19.8 Å². The van der Waals surface area contributed by atoms with E-state index in [1.54, 1.807) is 0 Å². The Labute approximate surface area is 123 Å². The molecule has 0 amide bonds. The van der Waals surface area contributed by atoms with Gasteiger partial charge < -0.3 is 16.2 Å². The molecule has 1 aromatic rings. The summed E-state index contributed by atoms with van der Waals surface area (Å²) in [4.78, 5) is 26.1. The number of nitrogens with two attached hydrogens (primary N) is 1. The van der Waals surface area contributed by atoms with E-state index in [9.17, 15) is 14.7 Å². The third-order valence-electron chi connectivity index (χ3n) is 4.16. The topological polar surface area (TPSA) is 113 Å². The van der Waals surface area contributed by atoms with Gasteiger partial charge in [-0.15, -0.1) is 0 Å². The van der Waals surface area contributed by atoms with Gasteiger partial charge in [-0.3, -0.25) is 14.3 Å². The molecule has 1 aliphatic carbocycles. The largest absolute Gasteiger partial charge is 0.396 e. The number of aromatic nitrogens is 2. The van der Waals surface area contributed by atoms with E-state index in [4.69, 9.17) is 5.73 Å². The summed E-state index contributed by atoms with van der Waals surface area (Å²) in [7, 11) is 0. The monoisotopic (exact) mass is 296 g/mol. The number of hydrogen-bond acceptors (Lipinski definition) is 5. The van der Waals surface area contributed by atoms with E-state index in [0.717, 1.165) is 32.1 Å². The van der Waals surface area contributed by atoms with E-state index >= 15 is 0 Å². The summed E-state index contributed by atoms with van der Waals surface area (Å²) in [6.45, 7) is 2.49. The second kappa shape index (κ2) is 6.80. The Balaban J connectivity index is 2.33. The first kappa shape index (κ1) is 15.6. The van der Waals surface area contributed by atoms with Gasteiger partial charge in [0.25, 0.3) is 5.56 Å². The number of H-pyrrole nitrogens is 1. The zero-order chi connectivity index (χ0) is 15.4. The number of aliphatic hydroxyl groups is 1. The molecule has 1 aromatic heterocycles. The van der Waals surface area contributed by atoms with Crippen molar-refractivity contribution in [1.29, 1.82) is 0 Å². The average Bonchev–Trinajstić information content (AvgIpc) is 2.48. The van der Waals surface area contributed by atoms with Crippen molar-refractivity contribution in [2.24, 2.45) is 5.92 Å². The molecule has 118 valence electrons. The van der Waals surface area contributed by atoms with E-state index in [0.29, 0.717) is 6.54 Å². The van der Waals surface area contributed by atoms with Gasteiger partial charge in [0.1, 0.15) is 11.5 Å². The molecule has 2 rings (SSSR count). The van der Waals surface area contributed by atoms with Gasteiger partial charge in [0, 0.05) is 25.1 Å². The Morgan fingerprint density at radius 2 is 2.10 bits per heavy atom. The zero-order valence-corrected chi connectivity index (χ0v) is 12.4. The van der Waals surface area contributed by atoms with Crippen molar-refractivity contribution in [3.63, 3.8) is 0 Å². The van der Waals surface area contributed by atoms with Crippen LogP contribution in [0.15, 0.2) is 9.59 Å². The fourth-order valence-corrected chi connectivity index (χ4v) is 2.97. The maximum Gasteiger partial charge on any atom is 0.330 e. The lowest BCUT2D eigenvalue weighted by Gasteiger charge is -2.31. The Morgan fingerprint density at radius 1 is 1.38 bits per heavy atom. The molecule has 1 heterocycles. The Morgan fingerprint density at radius 3 is 2.76 bits per heavy atom. The molecule has 1 aliphatic rings. The molecule has 1 saturated carbocycles. The summed E-state index contributed by atoms with van der Waals surface area (Å²) in [6.07, 6.45) is 4.71. The molecular weight excluding hydrogens is 272 g/mol. The van der Waals surface area contributed by atoms with E-state index in [1.807, 2.05) is 6.92 Å². The summed E-state index contributed by atoms with van der Waals surface area (Å²) in [5.41, 5.74) is 5.26. The standard InChI is InChI=1S/C14H24N4O3/c1-2-7-18-12(15)11(13(20)17-14(18)21)16-10-6-4-3-5-9(10)8-19/h9-10,16,19H,2-8,15H2,1H3,(H,17,20,21). The Kier molecular flexibility index (Phi) is 5.06. The van der Waals surface area contributed by atoms with Crippen molar-refractivity contribution in [1.82, 2.24) is 9.55 Å². The van der Waals surface area contributed by atoms with Crippen molar-refractivity contribution in [3.8, 4) is 0 Å². The number of hydrogen-bond donors (Lipinski definition) is 4. The number of nitrogens with one attached hydrogen (secondary N) is 2. The van der Waals surface area contributed by atoms with Crippen LogP contribution in [0.3, 0.4) is 0 Å². The van der Waals surface area contributed by atoms with E-state index in [2.05, 4.69) is 10.3 Å². The van der Waals surface area contributed by atoms with E-state index in [-0.39, 0.29) is 30.1 Å². The van der Waals surface area contributed by atoms with Crippen LogP contribution in [0.2, 0.25) is 0 Å². The molecule has 7 nitrogen and oxygen atoms in total. The fourth-order valence-electron chi connectivity index (χ4n) is 2.97. The van der Waals surface area contributed by atoms with E-state index in [1.165, 1.54) is 4.57 Å². The van der Waals surface area contributed by atoms with Gasteiger partial charge in [-0.05, 0) is 19.3 Å². The van der Waals surface area contributed by atoms with Gasteiger partial charge >= 0.3 is 5.69 Å². The minimum atomic E-state index is -0.493. The lowest BCUT2D eigenvalue weighted by Crippen LogP contribution is -2.39. The summed E-state index contributed by atoms with van der Waals surface area (Å²) in [6, 6.07) is 0.0136. The van der Waals surface area contributed by atoms with Crippen LogP contribution in [0.1, 0.15) is 39.0 Å². The number of aromatic amines is 1. The molecule has 2 atom stereocenters. The molecule has 5 N–H and O–H groups in total. The Hall–Kier alpha value is -1.76. The SMILES string of the molecule is CCCn1c(N)c(NC2CCCCC2CO)c(=O)[nH]c1=O. The second-order valence-corrected chi connectivity index (χ2v) is 5.65. The zero-order valence-electron chi connectivity index (χ0n) is 12.4. The van der Waals surface area contributed by atoms with Crippen molar-refractivity contribution < 1.29 is 5.11 Å². The lowest BCUT2D eigenvalue weighted by molar-refractivity contribution is 0.178. The molecule has 7 heteroatoms. The van der Waals surface area contributed by atoms with Crippen molar-refractivity contribution in [2.75, 3.05) is 17.7 Å². The lowest BCUT2D eigenvalue weighted by atomic mass is 9.85. The summed E-state index contributed by atoms with van der Waals surface area (Å²) in [5.74, 6) is 0.289. The first-order valence-corrected chi connectivity index (χ1v) is 7.58. The molecule has 1 fully saturated rings. The quantitative estimate of drug-likeness (QED) is 0.631.